The smallest absolute Gasteiger partial charge is 0.265 e. The van der Waals surface area contributed by atoms with Crippen molar-refractivity contribution in [2.45, 2.75) is 0 Å². The number of carbonyl (C=O) groups excluding carboxylic acids is 1. The van der Waals surface area contributed by atoms with Gasteiger partial charge in [0.2, 0.25) is 0 Å². The van der Waals surface area contributed by atoms with Crippen molar-refractivity contribution in [1.82, 2.24) is 4.90 Å². The number of amides is 1. The highest BCUT2D eigenvalue weighted by Gasteiger charge is 2.28. The quantitative estimate of drug-likeness (QED) is 0.665. The van der Waals surface area contributed by atoms with Gasteiger partial charge < -0.3 is 9.84 Å². The zero-order valence-corrected chi connectivity index (χ0v) is 11.5. The van der Waals surface area contributed by atoms with Gasteiger partial charge in [0.15, 0.2) is 11.5 Å². The van der Waals surface area contributed by atoms with Crippen LogP contribution in [0.25, 0.3) is 6.08 Å². The maximum Gasteiger partial charge on any atom is 0.265 e. The molecule has 18 heavy (non-hydrogen) atoms. The molecule has 0 unspecified atom stereocenters. The van der Waals surface area contributed by atoms with E-state index in [0.29, 0.717) is 15.0 Å². The fourth-order valence-electron chi connectivity index (χ4n) is 1.48. The van der Waals surface area contributed by atoms with Gasteiger partial charge in [0.25, 0.3) is 5.91 Å². The van der Waals surface area contributed by atoms with Gasteiger partial charge in [-0.25, -0.2) is 0 Å². The Morgan fingerprint density at radius 3 is 2.78 bits per heavy atom. The fourth-order valence-corrected chi connectivity index (χ4v) is 2.66. The van der Waals surface area contributed by atoms with E-state index in [1.165, 1.54) is 29.8 Å². The molecule has 0 aromatic heterocycles. The van der Waals surface area contributed by atoms with Crippen molar-refractivity contribution in [3.05, 3.63) is 28.7 Å². The van der Waals surface area contributed by atoms with E-state index < -0.39 is 0 Å². The lowest BCUT2D eigenvalue weighted by Gasteiger charge is -2.05. The molecule has 0 atom stereocenters. The predicted octanol–water partition coefficient (Wildman–Crippen LogP) is 2.23. The Labute approximate surface area is 114 Å². The van der Waals surface area contributed by atoms with Gasteiger partial charge in [-0.1, -0.05) is 30.0 Å². The van der Waals surface area contributed by atoms with Gasteiger partial charge in [0.1, 0.15) is 4.32 Å². The lowest BCUT2D eigenvalue weighted by Crippen LogP contribution is -2.22. The first kappa shape index (κ1) is 12.9. The van der Waals surface area contributed by atoms with E-state index in [2.05, 4.69) is 0 Å². The summed E-state index contributed by atoms with van der Waals surface area (Å²) < 4.78 is 5.55. The van der Waals surface area contributed by atoms with Crippen LogP contribution in [-0.2, 0) is 4.79 Å². The Bertz CT molecular complexity index is 554. The van der Waals surface area contributed by atoms with Crippen molar-refractivity contribution in [3.8, 4) is 11.5 Å². The van der Waals surface area contributed by atoms with Gasteiger partial charge in [-0.2, -0.15) is 0 Å². The molecular weight excluding hydrogens is 270 g/mol. The molecule has 1 aromatic rings. The number of phenols is 1. The topological polar surface area (TPSA) is 49.8 Å². The first-order valence-corrected chi connectivity index (χ1v) is 6.34. The summed E-state index contributed by atoms with van der Waals surface area (Å²) >= 11 is 6.30. The van der Waals surface area contributed by atoms with Gasteiger partial charge in [-0.15, -0.1) is 0 Å². The van der Waals surface area contributed by atoms with Crippen LogP contribution in [-0.4, -0.2) is 34.4 Å². The standard InChI is InChI=1S/C12H11NO3S2/c1-13-11(15)10(18-12(13)17)6-7-3-4-8(14)9(5-7)16-2/h3-6,14H,1-2H3/b10-6-. The number of methoxy groups -OCH3 is 1. The van der Waals surface area contributed by atoms with Gasteiger partial charge in [0.05, 0.1) is 12.0 Å². The maximum absolute atomic E-state index is 11.8. The summed E-state index contributed by atoms with van der Waals surface area (Å²) in [6.45, 7) is 0. The number of aromatic hydroxyl groups is 1. The van der Waals surface area contributed by atoms with Gasteiger partial charge in [-0.3, -0.25) is 9.69 Å². The van der Waals surface area contributed by atoms with E-state index >= 15 is 0 Å². The number of likely N-dealkylation sites (N-methyl/N-ethyl adjacent to an activating group) is 1. The third-order valence-electron chi connectivity index (χ3n) is 2.49. The Morgan fingerprint density at radius 2 is 2.22 bits per heavy atom. The third-order valence-corrected chi connectivity index (χ3v) is 3.97. The van der Waals surface area contributed by atoms with Crippen LogP contribution in [0, 0.1) is 0 Å². The summed E-state index contributed by atoms with van der Waals surface area (Å²) in [5, 5.41) is 9.49. The summed E-state index contributed by atoms with van der Waals surface area (Å²) in [6.07, 6.45) is 1.73. The molecule has 1 saturated heterocycles. The normalized spacial score (nSPS) is 17.7. The van der Waals surface area contributed by atoms with Crippen molar-refractivity contribution in [2.75, 3.05) is 14.2 Å². The van der Waals surface area contributed by atoms with Crippen LogP contribution in [0.2, 0.25) is 0 Å². The molecule has 0 spiro atoms. The summed E-state index contributed by atoms with van der Waals surface area (Å²) in [7, 11) is 3.13. The first-order valence-electron chi connectivity index (χ1n) is 5.11. The molecule has 0 aliphatic carbocycles. The van der Waals surface area contributed by atoms with E-state index in [4.69, 9.17) is 17.0 Å². The summed E-state index contributed by atoms with van der Waals surface area (Å²) in [5.41, 5.74) is 0.776. The van der Waals surface area contributed by atoms with E-state index in [1.807, 2.05) is 0 Å². The number of hydrogen-bond donors (Lipinski definition) is 1. The van der Waals surface area contributed by atoms with E-state index in [9.17, 15) is 9.90 Å². The number of carbonyl (C=O) groups is 1. The minimum atomic E-state index is -0.114. The van der Waals surface area contributed by atoms with Crippen molar-refractivity contribution < 1.29 is 14.6 Å². The molecule has 0 saturated carbocycles. The van der Waals surface area contributed by atoms with Crippen LogP contribution in [0.1, 0.15) is 5.56 Å². The van der Waals surface area contributed by atoms with Crippen molar-refractivity contribution in [3.63, 3.8) is 0 Å². The van der Waals surface area contributed by atoms with Crippen LogP contribution >= 0.6 is 24.0 Å². The molecule has 1 aliphatic heterocycles. The average molecular weight is 281 g/mol. The van der Waals surface area contributed by atoms with Crippen LogP contribution < -0.4 is 4.74 Å². The molecule has 1 fully saturated rings. The number of rotatable bonds is 2. The monoisotopic (exact) mass is 281 g/mol. The number of thioether (sulfide) groups is 1. The molecule has 1 aromatic carbocycles. The molecule has 4 nitrogen and oxygen atoms in total. The van der Waals surface area contributed by atoms with Gasteiger partial charge in [-0.05, 0) is 23.8 Å². The number of benzene rings is 1. The molecule has 0 radical (unpaired) electrons. The SMILES string of the molecule is COc1cc(/C=C2\SC(=S)N(C)C2=O)ccc1O. The fraction of sp³-hybridized carbons (Fsp3) is 0.167. The van der Waals surface area contributed by atoms with Crippen molar-refractivity contribution >= 4 is 40.3 Å². The van der Waals surface area contributed by atoms with Gasteiger partial charge >= 0.3 is 0 Å². The summed E-state index contributed by atoms with van der Waals surface area (Å²) in [4.78, 5) is 13.8. The predicted molar refractivity (Wildman–Crippen MR) is 75.6 cm³/mol. The van der Waals surface area contributed by atoms with Crippen LogP contribution in [0.5, 0.6) is 11.5 Å². The number of hydrogen-bond acceptors (Lipinski definition) is 5. The summed E-state index contributed by atoms with van der Waals surface area (Å²) in [6, 6.07) is 4.90. The Morgan fingerprint density at radius 1 is 1.50 bits per heavy atom. The molecule has 2 rings (SSSR count). The highest BCUT2D eigenvalue weighted by Crippen LogP contribution is 2.33. The third kappa shape index (κ3) is 2.34. The van der Waals surface area contributed by atoms with Crippen LogP contribution in [0.15, 0.2) is 23.1 Å². The second-order valence-corrected chi connectivity index (χ2v) is 5.35. The lowest BCUT2D eigenvalue weighted by atomic mass is 10.2. The Balaban J connectivity index is 2.34. The molecule has 6 heteroatoms. The number of thiocarbonyl (C=S) groups is 1. The highest BCUT2D eigenvalue weighted by atomic mass is 32.2. The minimum absolute atomic E-state index is 0.0673. The van der Waals surface area contributed by atoms with E-state index in [1.54, 1.807) is 25.3 Å². The molecule has 1 amide bonds. The highest BCUT2D eigenvalue weighted by molar-refractivity contribution is 8.26. The Hall–Kier alpha value is -1.53. The first-order chi connectivity index (χ1) is 8.52. The van der Waals surface area contributed by atoms with E-state index in [-0.39, 0.29) is 11.7 Å². The average Bonchev–Trinajstić information content (AvgIpc) is 2.59. The lowest BCUT2D eigenvalue weighted by molar-refractivity contribution is -0.121. The molecule has 1 heterocycles. The van der Waals surface area contributed by atoms with Crippen molar-refractivity contribution in [1.29, 1.82) is 0 Å². The second-order valence-electron chi connectivity index (χ2n) is 3.67. The maximum atomic E-state index is 11.8. The molecule has 1 aliphatic rings. The van der Waals surface area contributed by atoms with Crippen LogP contribution in [0.3, 0.4) is 0 Å². The number of phenolic OH excluding ortho intramolecular Hbond substituents is 1. The van der Waals surface area contributed by atoms with Gasteiger partial charge in [0, 0.05) is 7.05 Å². The minimum Gasteiger partial charge on any atom is -0.504 e. The number of nitrogens with zero attached hydrogens (tertiary/aromatic N) is 1. The van der Waals surface area contributed by atoms with E-state index in [0.717, 1.165) is 5.56 Å². The second kappa shape index (κ2) is 4.99. The van der Waals surface area contributed by atoms with Crippen molar-refractivity contribution in [2.24, 2.45) is 0 Å². The molecule has 1 N–H and O–H groups in total. The molecular formula is C12H11NO3S2. The summed E-state index contributed by atoms with van der Waals surface area (Å²) in [5.74, 6) is 0.324. The zero-order valence-electron chi connectivity index (χ0n) is 9.84. The number of ether oxygens (including phenoxy) is 1. The zero-order chi connectivity index (χ0) is 13.3. The largest absolute Gasteiger partial charge is 0.504 e. The molecule has 0 bridgehead atoms. The van der Waals surface area contributed by atoms with Crippen LogP contribution in [0.4, 0.5) is 0 Å². The Kier molecular flexibility index (Phi) is 3.58. The molecule has 94 valence electrons.